The molecule has 0 N–H and O–H groups in total. The lowest BCUT2D eigenvalue weighted by Gasteiger charge is -2.18. The van der Waals surface area contributed by atoms with Crippen LogP contribution in [0.4, 0.5) is 0 Å². The highest BCUT2D eigenvalue weighted by Gasteiger charge is 2.19. The van der Waals surface area contributed by atoms with E-state index in [2.05, 4.69) is 148 Å². The Morgan fingerprint density at radius 3 is 0.867 bits per heavy atom. The van der Waals surface area contributed by atoms with E-state index in [0.29, 0.717) is 19.3 Å². The van der Waals surface area contributed by atoms with Crippen molar-refractivity contribution in [2.45, 2.75) is 271 Å². The fourth-order valence-electron chi connectivity index (χ4n) is 8.14. The molecule has 75 heavy (non-hydrogen) atoms. The van der Waals surface area contributed by atoms with Crippen molar-refractivity contribution in [2.75, 3.05) is 13.2 Å². The Kier molecular flexibility index (Phi) is 58.4. The van der Waals surface area contributed by atoms with Crippen LogP contribution in [0.5, 0.6) is 0 Å². The molecule has 0 saturated carbocycles. The minimum absolute atomic E-state index is 0.112. The Morgan fingerprint density at radius 2 is 0.547 bits per heavy atom. The second kappa shape index (κ2) is 62.1. The van der Waals surface area contributed by atoms with Gasteiger partial charge in [-0.05, 0) is 103 Å². The number of carbonyl (C=O) groups is 3. The van der Waals surface area contributed by atoms with E-state index in [9.17, 15) is 14.4 Å². The molecule has 6 heteroatoms. The Labute approximate surface area is 462 Å². The molecule has 0 heterocycles. The summed E-state index contributed by atoms with van der Waals surface area (Å²) in [5, 5.41) is 0. The van der Waals surface area contributed by atoms with Crippen LogP contribution in [-0.2, 0) is 28.6 Å². The molecule has 0 bridgehead atoms. The van der Waals surface area contributed by atoms with E-state index in [0.717, 1.165) is 116 Å². The third-order valence-corrected chi connectivity index (χ3v) is 12.7. The van der Waals surface area contributed by atoms with E-state index in [1.54, 1.807) is 0 Å². The predicted octanol–water partition coefficient (Wildman–Crippen LogP) is 21.0. The van der Waals surface area contributed by atoms with Crippen molar-refractivity contribution in [1.29, 1.82) is 0 Å². The van der Waals surface area contributed by atoms with Gasteiger partial charge >= 0.3 is 17.9 Å². The zero-order valence-corrected chi connectivity index (χ0v) is 48.5. The normalized spacial score (nSPS) is 13.1. The van der Waals surface area contributed by atoms with Crippen LogP contribution in [0.3, 0.4) is 0 Å². The van der Waals surface area contributed by atoms with Crippen LogP contribution in [-0.4, -0.2) is 37.2 Å². The third-order valence-electron chi connectivity index (χ3n) is 12.7. The lowest BCUT2D eigenvalue weighted by molar-refractivity contribution is -0.166. The molecule has 0 aliphatic heterocycles. The van der Waals surface area contributed by atoms with Crippen molar-refractivity contribution in [2.24, 2.45) is 0 Å². The second-order valence-electron chi connectivity index (χ2n) is 19.9. The lowest BCUT2D eigenvalue weighted by Crippen LogP contribution is -2.30. The first-order valence-electron chi connectivity index (χ1n) is 30.7. The molecule has 0 aromatic carbocycles. The molecule has 0 aromatic rings. The SMILES string of the molecule is CC/C=C\C/C=C\C/C=C\C/C=C\C/C=C\C/C=C\CCC(=O)OC(COC(=O)CCCCCCCCCCC/C=C\C/C=C\C/C=C\C/C=C\C/C=C\CC)COC(=O)CCCCCCCCCCCCCCC. The predicted molar refractivity (Wildman–Crippen MR) is 325 cm³/mol. The van der Waals surface area contributed by atoms with E-state index in [1.807, 2.05) is 6.08 Å². The average Bonchev–Trinajstić information content (AvgIpc) is 3.41. The highest BCUT2D eigenvalue weighted by Crippen LogP contribution is 2.15. The maximum absolute atomic E-state index is 12.9. The summed E-state index contributed by atoms with van der Waals surface area (Å²) in [5.74, 6) is -1.00. The molecule has 0 aromatic heterocycles. The molecule has 0 aliphatic carbocycles. The van der Waals surface area contributed by atoms with Crippen molar-refractivity contribution >= 4 is 17.9 Å². The topological polar surface area (TPSA) is 78.9 Å². The summed E-state index contributed by atoms with van der Waals surface area (Å²) in [6.07, 6.45) is 87.5. The molecule has 6 nitrogen and oxygen atoms in total. The van der Waals surface area contributed by atoms with Crippen LogP contribution in [0.15, 0.2) is 134 Å². The van der Waals surface area contributed by atoms with Crippen molar-refractivity contribution < 1.29 is 28.6 Å². The van der Waals surface area contributed by atoms with Gasteiger partial charge in [-0.3, -0.25) is 14.4 Å². The fourth-order valence-corrected chi connectivity index (χ4v) is 8.14. The van der Waals surface area contributed by atoms with E-state index < -0.39 is 12.1 Å². The largest absolute Gasteiger partial charge is 0.462 e. The zero-order valence-electron chi connectivity index (χ0n) is 48.5. The molecule has 0 radical (unpaired) electrons. The van der Waals surface area contributed by atoms with Crippen LogP contribution in [0.1, 0.15) is 265 Å². The molecule has 0 aliphatic rings. The number of rotatable bonds is 54. The fraction of sp³-hybridized carbons (Fsp3) is 0.638. The summed E-state index contributed by atoms with van der Waals surface area (Å²) in [4.78, 5) is 38.2. The van der Waals surface area contributed by atoms with Crippen LogP contribution in [0, 0.1) is 0 Å². The summed E-state index contributed by atoms with van der Waals surface area (Å²) in [5.41, 5.74) is 0. The van der Waals surface area contributed by atoms with Gasteiger partial charge in [0, 0.05) is 19.3 Å². The summed E-state index contributed by atoms with van der Waals surface area (Å²) in [7, 11) is 0. The standard InChI is InChI=1S/C69H112O6/c1-4-7-10-13-16-19-22-25-27-29-31-32-33-34-35-36-38-39-41-44-47-50-53-56-59-62-68(71)74-65-66(64-73-67(70)61-58-55-52-49-46-43-24-21-18-15-12-9-6-3)75-69(72)63-60-57-54-51-48-45-42-40-37-30-28-26-23-20-17-14-11-8-5-2/h7-8,10-11,16-17,19-20,25-28,31-32,34-35,37,40,45,48,54,57,66H,4-6,9,12-15,18,21-24,29-30,33,36,38-39,41-44,46-47,49-53,55-56,58-65H2,1-3H3/b10-7-,11-8-,19-16-,20-17-,27-25-,28-26-,32-31-,35-34-,40-37-,48-45-,57-54-. The van der Waals surface area contributed by atoms with Crippen LogP contribution in [0.2, 0.25) is 0 Å². The highest BCUT2D eigenvalue weighted by atomic mass is 16.6. The summed E-state index contributed by atoms with van der Waals surface area (Å²) in [6, 6.07) is 0. The monoisotopic (exact) mass is 1040 g/mol. The maximum atomic E-state index is 12.9. The lowest BCUT2D eigenvalue weighted by atomic mass is 10.0. The van der Waals surface area contributed by atoms with E-state index >= 15 is 0 Å². The molecule has 0 spiro atoms. The van der Waals surface area contributed by atoms with Crippen LogP contribution < -0.4 is 0 Å². The van der Waals surface area contributed by atoms with Gasteiger partial charge in [0.05, 0.1) is 0 Å². The number of hydrogen-bond acceptors (Lipinski definition) is 6. The van der Waals surface area contributed by atoms with E-state index in [4.69, 9.17) is 14.2 Å². The Bertz CT molecular complexity index is 1620. The van der Waals surface area contributed by atoms with Gasteiger partial charge in [-0.2, -0.15) is 0 Å². The first-order valence-corrected chi connectivity index (χ1v) is 30.7. The van der Waals surface area contributed by atoms with Crippen LogP contribution in [0.25, 0.3) is 0 Å². The van der Waals surface area contributed by atoms with Gasteiger partial charge < -0.3 is 14.2 Å². The number of esters is 3. The zero-order chi connectivity index (χ0) is 54.3. The van der Waals surface area contributed by atoms with Crippen molar-refractivity contribution in [3.8, 4) is 0 Å². The Hall–Kier alpha value is -4.45. The molecule has 424 valence electrons. The van der Waals surface area contributed by atoms with Gasteiger partial charge in [0.1, 0.15) is 13.2 Å². The molecule has 0 saturated heterocycles. The molecule has 0 rings (SSSR count). The molecular weight excluding hydrogens is 925 g/mol. The highest BCUT2D eigenvalue weighted by molar-refractivity contribution is 5.71. The number of hydrogen-bond donors (Lipinski definition) is 0. The van der Waals surface area contributed by atoms with E-state index in [1.165, 1.54) is 103 Å². The van der Waals surface area contributed by atoms with Crippen molar-refractivity contribution in [1.82, 2.24) is 0 Å². The third kappa shape index (κ3) is 60.3. The summed E-state index contributed by atoms with van der Waals surface area (Å²) in [6.45, 7) is 6.35. The first-order chi connectivity index (χ1) is 37.0. The smallest absolute Gasteiger partial charge is 0.306 e. The first kappa shape index (κ1) is 70.5. The number of ether oxygens (including phenoxy) is 3. The molecule has 0 amide bonds. The average molecular weight is 1040 g/mol. The Morgan fingerprint density at radius 1 is 0.280 bits per heavy atom. The number of allylic oxidation sites excluding steroid dienone is 22. The maximum Gasteiger partial charge on any atom is 0.306 e. The van der Waals surface area contributed by atoms with Crippen molar-refractivity contribution in [3.63, 3.8) is 0 Å². The van der Waals surface area contributed by atoms with Gasteiger partial charge in [0.2, 0.25) is 0 Å². The van der Waals surface area contributed by atoms with Gasteiger partial charge in [0.15, 0.2) is 6.10 Å². The van der Waals surface area contributed by atoms with Gasteiger partial charge in [0.25, 0.3) is 0 Å². The summed E-state index contributed by atoms with van der Waals surface area (Å²) >= 11 is 0. The van der Waals surface area contributed by atoms with Crippen LogP contribution >= 0.6 is 0 Å². The summed E-state index contributed by atoms with van der Waals surface area (Å²) < 4.78 is 16.8. The van der Waals surface area contributed by atoms with E-state index in [-0.39, 0.29) is 31.6 Å². The van der Waals surface area contributed by atoms with Gasteiger partial charge in [-0.15, -0.1) is 0 Å². The molecule has 1 atom stereocenters. The number of unbranched alkanes of at least 4 members (excludes halogenated alkanes) is 21. The second-order valence-corrected chi connectivity index (χ2v) is 19.9. The molecule has 1 unspecified atom stereocenters. The molecule has 0 fully saturated rings. The van der Waals surface area contributed by atoms with Crippen molar-refractivity contribution in [3.05, 3.63) is 134 Å². The van der Waals surface area contributed by atoms with Gasteiger partial charge in [-0.1, -0.05) is 276 Å². The molecular formula is C69H112O6. The number of carbonyl (C=O) groups excluding carboxylic acids is 3. The Balaban J connectivity index is 4.45. The van der Waals surface area contributed by atoms with Gasteiger partial charge in [-0.25, -0.2) is 0 Å². The minimum atomic E-state index is -0.825. The minimum Gasteiger partial charge on any atom is -0.462 e. The quantitative estimate of drug-likeness (QED) is 0.0261.